The molecule has 0 radical (unpaired) electrons. The lowest BCUT2D eigenvalue weighted by Crippen LogP contribution is -1.89. The van der Waals surface area contributed by atoms with Gasteiger partial charge in [-0.3, -0.25) is 0 Å². The second-order valence-electron chi connectivity index (χ2n) is 0.500. The predicted octanol–water partition coefficient (Wildman–Crippen LogP) is 0.691. The summed E-state index contributed by atoms with van der Waals surface area (Å²) in [6.45, 7) is 0. The van der Waals surface area contributed by atoms with Crippen molar-refractivity contribution in [3.63, 3.8) is 0 Å². The fraction of sp³-hybridized carbons (Fsp3) is 1.00. The van der Waals surface area contributed by atoms with Crippen LogP contribution in [0.15, 0.2) is 0 Å². The predicted molar refractivity (Wildman–Crippen MR) is 26.8 cm³/mol. The van der Waals surface area contributed by atoms with Crippen LogP contribution in [0.4, 0.5) is 0 Å². The van der Waals surface area contributed by atoms with Crippen molar-refractivity contribution in [2.24, 2.45) is 0 Å². The van der Waals surface area contributed by atoms with Crippen LogP contribution in [0.1, 0.15) is 0 Å². The van der Waals surface area contributed by atoms with E-state index in [1.807, 2.05) is 14.1 Å². The highest BCUT2D eigenvalue weighted by Crippen LogP contribution is 1.34. The van der Waals surface area contributed by atoms with Crippen molar-refractivity contribution in [3.8, 4) is 0 Å². The number of nitrogens with one attached hydrogen (secondary N) is 1. The molecule has 0 heterocycles. The molecule has 0 atom stereocenters. The van der Waals surface area contributed by atoms with Crippen molar-refractivity contribution in [2.75, 3.05) is 20.5 Å². The molecule has 34 valence electrons. The summed E-state index contributed by atoms with van der Waals surface area (Å²) < 4.78 is 0. The van der Waals surface area contributed by atoms with Crippen molar-refractivity contribution in [1.29, 1.82) is 0 Å². The molecule has 0 bridgehead atoms. The molecule has 1 nitrogen and oxygen atoms in total. The minimum absolute atomic E-state index is 1.47. The smallest absolute Gasteiger partial charge is 0.0108 e. The molecule has 0 aliphatic heterocycles. The molecule has 0 aromatic carbocycles. The SMILES string of the molecule is CCl.CNC. The molecular formula is C3H10ClN. The first kappa shape index (κ1) is 8.98. The number of hydrogen-bond donors (Lipinski definition) is 1. The minimum atomic E-state index is 1.47. The van der Waals surface area contributed by atoms with E-state index in [2.05, 4.69) is 16.9 Å². The van der Waals surface area contributed by atoms with E-state index in [1.54, 1.807) is 0 Å². The van der Waals surface area contributed by atoms with E-state index in [0.717, 1.165) is 0 Å². The van der Waals surface area contributed by atoms with Crippen molar-refractivity contribution >= 4 is 11.6 Å². The van der Waals surface area contributed by atoms with E-state index in [9.17, 15) is 0 Å². The molecule has 0 aromatic heterocycles. The molecule has 0 amide bonds. The quantitative estimate of drug-likeness (QED) is 0.437. The van der Waals surface area contributed by atoms with Crippen LogP contribution in [-0.2, 0) is 0 Å². The molecule has 0 spiro atoms. The van der Waals surface area contributed by atoms with Gasteiger partial charge in [-0.2, -0.15) is 0 Å². The molecular weight excluding hydrogens is 85.5 g/mol. The second-order valence-corrected chi connectivity index (χ2v) is 0.500. The zero-order valence-corrected chi connectivity index (χ0v) is 4.63. The third-order valence-electron chi connectivity index (χ3n) is 0. The first-order chi connectivity index (χ1) is 2.41. The van der Waals surface area contributed by atoms with Gasteiger partial charge >= 0.3 is 0 Å². The molecule has 5 heavy (non-hydrogen) atoms. The van der Waals surface area contributed by atoms with E-state index in [0.29, 0.717) is 0 Å². The zero-order valence-electron chi connectivity index (χ0n) is 3.88. The Morgan fingerprint density at radius 3 is 1.20 bits per heavy atom. The van der Waals surface area contributed by atoms with E-state index in [-0.39, 0.29) is 0 Å². The molecule has 0 fully saturated rings. The molecule has 2 heteroatoms. The zero-order chi connectivity index (χ0) is 4.71. The van der Waals surface area contributed by atoms with E-state index < -0.39 is 0 Å². The maximum absolute atomic E-state index is 4.64. The van der Waals surface area contributed by atoms with Crippen molar-refractivity contribution in [1.82, 2.24) is 5.32 Å². The van der Waals surface area contributed by atoms with Crippen LogP contribution in [0.2, 0.25) is 0 Å². The Morgan fingerprint density at radius 2 is 1.20 bits per heavy atom. The average Bonchev–Trinajstić information content (AvgIpc) is 1.46. The van der Waals surface area contributed by atoms with Crippen LogP contribution in [0.5, 0.6) is 0 Å². The Hall–Kier alpha value is 0.250. The summed E-state index contributed by atoms with van der Waals surface area (Å²) in [5.74, 6) is 0. The summed E-state index contributed by atoms with van der Waals surface area (Å²) in [4.78, 5) is 0. The normalized spacial score (nSPS) is 4.80. The van der Waals surface area contributed by atoms with Crippen LogP contribution in [0, 0.1) is 0 Å². The van der Waals surface area contributed by atoms with E-state index in [4.69, 9.17) is 0 Å². The topological polar surface area (TPSA) is 12.0 Å². The van der Waals surface area contributed by atoms with Gasteiger partial charge in [0.15, 0.2) is 0 Å². The Kier molecular flexibility index (Phi) is 51.6. The maximum atomic E-state index is 4.64. The van der Waals surface area contributed by atoms with Crippen LogP contribution in [-0.4, -0.2) is 20.5 Å². The third kappa shape index (κ3) is 344. The lowest BCUT2D eigenvalue weighted by atomic mass is 11.3. The van der Waals surface area contributed by atoms with Gasteiger partial charge in [0.05, 0.1) is 0 Å². The molecule has 0 aromatic rings. The summed E-state index contributed by atoms with van der Waals surface area (Å²) >= 11 is 4.64. The third-order valence-corrected chi connectivity index (χ3v) is 0. The summed E-state index contributed by atoms with van der Waals surface area (Å²) in [5, 5.41) is 2.75. The van der Waals surface area contributed by atoms with Crippen LogP contribution in [0.3, 0.4) is 0 Å². The molecule has 0 aliphatic rings. The monoisotopic (exact) mass is 95.1 g/mol. The largest absolute Gasteiger partial charge is 0.323 e. The van der Waals surface area contributed by atoms with Gasteiger partial charge in [-0.1, -0.05) is 0 Å². The molecule has 0 unspecified atom stereocenters. The lowest BCUT2D eigenvalue weighted by molar-refractivity contribution is 1.02. The standard InChI is InChI=1S/C2H7N.CH3Cl/c1-3-2;1-2/h3H,1-2H3;1H3. The van der Waals surface area contributed by atoms with E-state index in [1.165, 1.54) is 6.38 Å². The van der Waals surface area contributed by atoms with Gasteiger partial charge in [0, 0.05) is 6.38 Å². The van der Waals surface area contributed by atoms with Crippen LogP contribution < -0.4 is 5.32 Å². The van der Waals surface area contributed by atoms with Crippen molar-refractivity contribution < 1.29 is 0 Å². The molecule has 1 N–H and O–H groups in total. The van der Waals surface area contributed by atoms with Crippen LogP contribution in [0.25, 0.3) is 0 Å². The van der Waals surface area contributed by atoms with Gasteiger partial charge in [0.25, 0.3) is 0 Å². The van der Waals surface area contributed by atoms with E-state index >= 15 is 0 Å². The fourth-order valence-electron chi connectivity index (χ4n) is 0. The molecule has 0 saturated carbocycles. The van der Waals surface area contributed by atoms with Gasteiger partial charge in [0.1, 0.15) is 0 Å². The number of alkyl halides is 1. The first-order valence-electron chi connectivity index (χ1n) is 1.38. The Balaban J connectivity index is 0. The summed E-state index contributed by atoms with van der Waals surface area (Å²) in [6.07, 6.45) is 1.47. The van der Waals surface area contributed by atoms with Gasteiger partial charge in [-0.15, -0.1) is 11.6 Å². The van der Waals surface area contributed by atoms with Crippen LogP contribution >= 0.6 is 11.6 Å². The number of rotatable bonds is 0. The highest BCUT2D eigenvalue weighted by molar-refractivity contribution is 6.15. The van der Waals surface area contributed by atoms with Crippen molar-refractivity contribution in [3.05, 3.63) is 0 Å². The van der Waals surface area contributed by atoms with Gasteiger partial charge in [0.2, 0.25) is 0 Å². The average molecular weight is 95.6 g/mol. The molecule has 0 rings (SSSR count). The summed E-state index contributed by atoms with van der Waals surface area (Å²) in [5.41, 5.74) is 0. The Bertz CT molecular complexity index is 6.85. The lowest BCUT2D eigenvalue weighted by Gasteiger charge is -1.59. The van der Waals surface area contributed by atoms with Gasteiger partial charge in [-0.25, -0.2) is 0 Å². The number of halogens is 1. The second kappa shape index (κ2) is 28.7. The fourth-order valence-corrected chi connectivity index (χ4v) is 0. The molecule has 0 aliphatic carbocycles. The first-order valence-corrected chi connectivity index (χ1v) is 2.13. The summed E-state index contributed by atoms with van der Waals surface area (Å²) in [7, 11) is 3.75. The number of hydrogen-bond acceptors (Lipinski definition) is 1. The van der Waals surface area contributed by atoms with Gasteiger partial charge < -0.3 is 5.32 Å². The minimum Gasteiger partial charge on any atom is -0.323 e. The highest BCUT2D eigenvalue weighted by Gasteiger charge is 1.25. The van der Waals surface area contributed by atoms with Gasteiger partial charge in [-0.05, 0) is 14.1 Å². The summed E-state index contributed by atoms with van der Waals surface area (Å²) in [6, 6.07) is 0. The Morgan fingerprint density at radius 1 is 1.20 bits per heavy atom. The van der Waals surface area contributed by atoms with Crippen molar-refractivity contribution in [2.45, 2.75) is 0 Å². The molecule has 0 saturated heterocycles. The highest BCUT2D eigenvalue weighted by atomic mass is 35.5. The Labute approximate surface area is 38.3 Å². The maximum Gasteiger partial charge on any atom is 0.0108 e.